The summed E-state index contributed by atoms with van der Waals surface area (Å²) in [5, 5.41) is 6.55. The molecule has 1 heterocycles. The van der Waals surface area contributed by atoms with Gasteiger partial charge in [0, 0.05) is 13.2 Å². The number of hydrogen-bond donors (Lipinski definition) is 3. The van der Waals surface area contributed by atoms with Crippen molar-refractivity contribution in [3.63, 3.8) is 0 Å². The highest BCUT2D eigenvalue weighted by molar-refractivity contribution is 7.89. The molecule has 2 aromatic rings. The fraction of sp³-hybridized carbons (Fsp3) is 0.167. The van der Waals surface area contributed by atoms with Crippen molar-refractivity contribution in [2.24, 2.45) is 0 Å². The summed E-state index contributed by atoms with van der Waals surface area (Å²) >= 11 is 0. The summed E-state index contributed by atoms with van der Waals surface area (Å²) in [7, 11) is -0.727. The lowest BCUT2D eigenvalue weighted by molar-refractivity contribution is 0.0957. The molecule has 0 aliphatic rings. The lowest BCUT2D eigenvalue weighted by atomic mass is 10.3. The Morgan fingerprint density at radius 2 is 2.00 bits per heavy atom. The van der Waals surface area contributed by atoms with E-state index in [0.29, 0.717) is 5.69 Å². The van der Waals surface area contributed by atoms with Gasteiger partial charge in [0.15, 0.2) is 5.69 Å². The van der Waals surface area contributed by atoms with Crippen molar-refractivity contribution in [1.29, 1.82) is 0 Å². The van der Waals surface area contributed by atoms with Gasteiger partial charge in [-0.15, -0.1) is 0 Å². The predicted octanol–water partition coefficient (Wildman–Crippen LogP) is -0.278. The minimum absolute atomic E-state index is 0.0601. The first-order chi connectivity index (χ1) is 9.89. The number of sulfonamides is 1. The number of rotatable bonds is 4. The van der Waals surface area contributed by atoms with Gasteiger partial charge < -0.3 is 11.1 Å². The molecule has 4 N–H and O–H groups in total. The summed E-state index contributed by atoms with van der Waals surface area (Å²) in [6.45, 7) is 0. The van der Waals surface area contributed by atoms with Crippen LogP contribution in [-0.4, -0.2) is 38.2 Å². The van der Waals surface area contributed by atoms with Crippen LogP contribution in [0.3, 0.4) is 0 Å². The van der Waals surface area contributed by atoms with Crippen molar-refractivity contribution in [2.75, 3.05) is 19.8 Å². The number of nitrogen functional groups attached to an aromatic ring is 1. The molecule has 1 aromatic heterocycles. The maximum atomic E-state index is 11.7. The van der Waals surface area contributed by atoms with Crippen molar-refractivity contribution in [1.82, 2.24) is 19.8 Å². The van der Waals surface area contributed by atoms with E-state index in [9.17, 15) is 13.2 Å². The zero-order chi connectivity index (χ0) is 15.6. The molecule has 0 aliphatic heterocycles. The molecule has 0 atom stereocenters. The molecule has 8 nitrogen and oxygen atoms in total. The van der Waals surface area contributed by atoms with Crippen molar-refractivity contribution in [2.45, 2.75) is 4.90 Å². The van der Waals surface area contributed by atoms with Crippen LogP contribution in [0.5, 0.6) is 0 Å². The molecular weight excluding hydrogens is 294 g/mol. The molecule has 0 unspecified atom stereocenters. The summed E-state index contributed by atoms with van der Waals surface area (Å²) < 4.78 is 27.0. The second kappa shape index (κ2) is 5.54. The first-order valence-electron chi connectivity index (χ1n) is 6.00. The number of nitrogens with one attached hydrogen (secondary N) is 2. The molecule has 0 spiro atoms. The maximum Gasteiger partial charge on any atom is 0.271 e. The number of nitrogens with two attached hydrogens (primary N) is 1. The minimum Gasteiger partial charge on any atom is -0.397 e. The molecule has 9 heteroatoms. The van der Waals surface area contributed by atoms with Crippen LogP contribution in [0.4, 0.5) is 5.69 Å². The third-order valence-electron chi connectivity index (χ3n) is 2.87. The van der Waals surface area contributed by atoms with Gasteiger partial charge in [-0.3, -0.25) is 4.79 Å². The SMILES string of the molecule is CNC(=O)c1ccn(-c2ccc(S(=O)(=O)NC)cc2N)n1. The number of hydrogen-bond acceptors (Lipinski definition) is 5. The number of anilines is 1. The van der Waals surface area contributed by atoms with E-state index in [1.165, 1.54) is 43.0 Å². The summed E-state index contributed by atoms with van der Waals surface area (Å²) in [5.41, 5.74) is 6.83. The lowest BCUT2D eigenvalue weighted by Crippen LogP contribution is -2.19. The molecule has 1 aromatic carbocycles. The number of benzene rings is 1. The van der Waals surface area contributed by atoms with Gasteiger partial charge in [0.2, 0.25) is 10.0 Å². The maximum absolute atomic E-state index is 11.7. The summed E-state index contributed by atoms with van der Waals surface area (Å²) in [5.74, 6) is -0.318. The van der Waals surface area contributed by atoms with Gasteiger partial charge in [-0.2, -0.15) is 5.10 Å². The fourth-order valence-corrected chi connectivity index (χ4v) is 2.50. The first kappa shape index (κ1) is 15.0. The topological polar surface area (TPSA) is 119 Å². The zero-order valence-electron chi connectivity index (χ0n) is 11.5. The Balaban J connectivity index is 2.42. The zero-order valence-corrected chi connectivity index (χ0v) is 12.3. The number of nitrogens with zero attached hydrogens (tertiary/aromatic N) is 2. The van der Waals surface area contributed by atoms with Crippen molar-refractivity contribution in [3.05, 3.63) is 36.2 Å². The summed E-state index contributed by atoms with van der Waals surface area (Å²) in [4.78, 5) is 11.5. The predicted molar refractivity (Wildman–Crippen MR) is 77.6 cm³/mol. The standard InChI is InChI=1S/C12H15N5O3S/c1-14-12(18)10-5-6-17(16-10)11-4-3-8(7-9(11)13)21(19,20)15-2/h3-7,15H,13H2,1-2H3,(H,14,18). The molecule has 0 fully saturated rings. The highest BCUT2D eigenvalue weighted by Gasteiger charge is 2.15. The van der Waals surface area contributed by atoms with Crippen LogP contribution in [0.1, 0.15) is 10.5 Å². The second-order valence-electron chi connectivity index (χ2n) is 4.15. The molecule has 2 rings (SSSR count). The highest BCUT2D eigenvalue weighted by atomic mass is 32.2. The van der Waals surface area contributed by atoms with Crippen molar-refractivity contribution >= 4 is 21.6 Å². The second-order valence-corrected chi connectivity index (χ2v) is 6.04. The van der Waals surface area contributed by atoms with E-state index >= 15 is 0 Å². The quantitative estimate of drug-likeness (QED) is 0.671. The normalized spacial score (nSPS) is 11.3. The molecule has 0 saturated heterocycles. The van der Waals surface area contributed by atoms with Crippen LogP contribution in [0.2, 0.25) is 0 Å². The fourth-order valence-electron chi connectivity index (χ4n) is 1.73. The van der Waals surface area contributed by atoms with Crippen molar-refractivity contribution < 1.29 is 13.2 Å². The van der Waals surface area contributed by atoms with Gasteiger partial charge in [-0.1, -0.05) is 0 Å². The van der Waals surface area contributed by atoms with Gasteiger partial charge in [0.05, 0.1) is 16.3 Å². The molecule has 21 heavy (non-hydrogen) atoms. The van der Waals surface area contributed by atoms with Gasteiger partial charge in [-0.25, -0.2) is 17.8 Å². The molecule has 0 saturated carbocycles. The molecular formula is C12H15N5O3S. The van der Waals surface area contributed by atoms with E-state index in [1.54, 1.807) is 6.20 Å². The molecule has 0 aliphatic carbocycles. The van der Waals surface area contributed by atoms with E-state index in [2.05, 4.69) is 15.1 Å². The van der Waals surface area contributed by atoms with Crippen LogP contribution < -0.4 is 15.8 Å². The van der Waals surface area contributed by atoms with Gasteiger partial charge in [-0.05, 0) is 31.3 Å². The highest BCUT2D eigenvalue weighted by Crippen LogP contribution is 2.21. The van der Waals surface area contributed by atoms with Crippen LogP contribution >= 0.6 is 0 Å². The summed E-state index contributed by atoms with van der Waals surface area (Å²) in [6, 6.07) is 5.82. The van der Waals surface area contributed by atoms with E-state index in [4.69, 9.17) is 5.73 Å². The van der Waals surface area contributed by atoms with E-state index in [0.717, 1.165) is 0 Å². The Labute approximate surface area is 122 Å². The minimum atomic E-state index is -3.56. The number of amides is 1. The molecule has 0 radical (unpaired) electrons. The Morgan fingerprint density at radius 3 is 2.57 bits per heavy atom. The van der Waals surface area contributed by atoms with Crippen LogP contribution in [-0.2, 0) is 10.0 Å². The Hall–Kier alpha value is -2.39. The van der Waals surface area contributed by atoms with Crippen molar-refractivity contribution in [3.8, 4) is 5.69 Å². The average Bonchev–Trinajstić information content (AvgIpc) is 2.95. The van der Waals surface area contributed by atoms with E-state index < -0.39 is 10.0 Å². The number of carbonyl (C=O) groups is 1. The Bertz CT molecular complexity index is 782. The first-order valence-corrected chi connectivity index (χ1v) is 7.48. The Kier molecular flexibility index (Phi) is 3.96. The lowest BCUT2D eigenvalue weighted by Gasteiger charge is -2.08. The monoisotopic (exact) mass is 309 g/mol. The third-order valence-corrected chi connectivity index (χ3v) is 4.29. The van der Waals surface area contributed by atoms with Gasteiger partial charge in [0.1, 0.15) is 0 Å². The smallest absolute Gasteiger partial charge is 0.271 e. The third kappa shape index (κ3) is 2.88. The number of carbonyl (C=O) groups excluding carboxylic acids is 1. The van der Waals surface area contributed by atoms with E-state index in [-0.39, 0.29) is 22.2 Å². The summed E-state index contributed by atoms with van der Waals surface area (Å²) in [6.07, 6.45) is 1.57. The molecule has 1 amide bonds. The Morgan fingerprint density at radius 1 is 1.29 bits per heavy atom. The largest absolute Gasteiger partial charge is 0.397 e. The van der Waals surface area contributed by atoms with Crippen LogP contribution in [0.15, 0.2) is 35.4 Å². The number of aromatic nitrogens is 2. The van der Waals surface area contributed by atoms with Gasteiger partial charge >= 0.3 is 0 Å². The molecule has 0 bridgehead atoms. The van der Waals surface area contributed by atoms with Gasteiger partial charge in [0.25, 0.3) is 5.91 Å². The molecule has 112 valence electrons. The van der Waals surface area contributed by atoms with Crippen LogP contribution in [0.25, 0.3) is 5.69 Å². The van der Waals surface area contributed by atoms with E-state index in [1.807, 2.05) is 0 Å². The average molecular weight is 309 g/mol. The van der Waals surface area contributed by atoms with Crippen LogP contribution in [0, 0.1) is 0 Å².